The highest BCUT2D eigenvalue weighted by atomic mass is 16.5. The van der Waals surface area contributed by atoms with Crippen LogP contribution in [0.25, 0.3) is 0 Å². The molecule has 2 aromatic rings. The van der Waals surface area contributed by atoms with Gasteiger partial charge >= 0.3 is 0 Å². The first-order valence-electron chi connectivity index (χ1n) is 8.49. The summed E-state index contributed by atoms with van der Waals surface area (Å²) in [6.07, 6.45) is 3.00. The number of aromatic nitrogens is 4. The topological polar surface area (TPSA) is 115 Å². The molecule has 1 saturated heterocycles. The summed E-state index contributed by atoms with van der Waals surface area (Å²) in [7, 11) is 0. The lowest BCUT2D eigenvalue weighted by molar-refractivity contribution is -0.124. The van der Waals surface area contributed by atoms with Crippen molar-refractivity contribution in [1.82, 2.24) is 25.5 Å². The predicted molar refractivity (Wildman–Crippen MR) is 90.0 cm³/mol. The molecule has 1 aliphatic rings. The second-order valence-corrected chi connectivity index (χ2v) is 6.01. The van der Waals surface area contributed by atoms with E-state index in [-0.39, 0.29) is 18.1 Å². The number of tetrazole rings is 1. The number of carbonyl (C=O) groups is 1. The summed E-state index contributed by atoms with van der Waals surface area (Å²) in [5.41, 5.74) is 0.574. The third-order valence-electron chi connectivity index (χ3n) is 4.10. The van der Waals surface area contributed by atoms with Gasteiger partial charge in [0.05, 0.1) is 24.3 Å². The quantitative estimate of drug-likeness (QED) is 0.775. The molecular weight excluding hydrogens is 336 g/mol. The Morgan fingerprint density at radius 2 is 2.27 bits per heavy atom. The first-order valence-corrected chi connectivity index (χ1v) is 8.49. The number of carbonyl (C=O) groups excluding carboxylic acids is 1. The van der Waals surface area contributed by atoms with Crippen molar-refractivity contribution in [2.24, 2.45) is 0 Å². The van der Waals surface area contributed by atoms with Crippen molar-refractivity contribution in [3.05, 3.63) is 36.2 Å². The minimum absolute atomic E-state index is 0.0293. The van der Waals surface area contributed by atoms with E-state index in [0.717, 1.165) is 0 Å². The third-order valence-corrected chi connectivity index (χ3v) is 4.10. The summed E-state index contributed by atoms with van der Waals surface area (Å²) in [5.74, 6) is 0.621. The minimum atomic E-state index is -0.264. The van der Waals surface area contributed by atoms with Crippen LogP contribution in [-0.4, -0.2) is 51.5 Å². The fraction of sp³-hybridized carbons (Fsp3) is 0.471. The monoisotopic (exact) mass is 356 g/mol. The minimum Gasteiger partial charge on any atom is -0.486 e. The van der Waals surface area contributed by atoms with Crippen LogP contribution in [0.5, 0.6) is 5.75 Å². The molecule has 26 heavy (non-hydrogen) atoms. The Morgan fingerprint density at radius 1 is 1.42 bits per heavy atom. The van der Waals surface area contributed by atoms with Gasteiger partial charge in [-0.15, -0.1) is 5.10 Å². The molecule has 1 aromatic carbocycles. The lowest BCUT2D eigenvalue weighted by atomic mass is 10.1. The number of hydrogen-bond acceptors (Lipinski definition) is 7. The average Bonchev–Trinajstić information content (AvgIpc) is 3.17. The maximum Gasteiger partial charge on any atom is 0.220 e. The number of nitrogens with one attached hydrogen (secondary N) is 1. The van der Waals surface area contributed by atoms with Gasteiger partial charge in [0, 0.05) is 19.6 Å². The Morgan fingerprint density at radius 3 is 3.00 bits per heavy atom. The highest BCUT2D eigenvalue weighted by Crippen LogP contribution is 2.18. The number of nitrogens with zero attached hydrogens (tertiary/aromatic N) is 5. The molecular formula is C17H20N6O3. The van der Waals surface area contributed by atoms with Crippen LogP contribution in [0.2, 0.25) is 0 Å². The molecule has 0 aliphatic carbocycles. The standard InChI is InChI=1S/C17H20N6O3/c18-10-13-3-5-14(6-4-13)26-16-11-25-9-7-15(16)20-17(24)2-1-8-23-12-19-21-22-23/h3-6,12,15-16H,1-2,7-9,11H2,(H,20,24)/t15-,16-/m1/s1. The van der Waals surface area contributed by atoms with Crippen molar-refractivity contribution < 1.29 is 14.3 Å². The Balaban J connectivity index is 1.49. The molecule has 2 heterocycles. The van der Waals surface area contributed by atoms with Crippen molar-refractivity contribution in [3.8, 4) is 11.8 Å². The molecule has 0 radical (unpaired) electrons. The largest absolute Gasteiger partial charge is 0.486 e. The van der Waals surface area contributed by atoms with Gasteiger partial charge in [-0.3, -0.25) is 4.79 Å². The smallest absolute Gasteiger partial charge is 0.220 e. The van der Waals surface area contributed by atoms with Gasteiger partial charge in [-0.05, 0) is 47.5 Å². The summed E-state index contributed by atoms with van der Waals surface area (Å²) < 4.78 is 13.0. The van der Waals surface area contributed by atoms with E-state index >= 15 is 0 Å². The summed E-state index contributed by atoms with van der Waals surface area (Å²) in [5, 5.41) is 22.8. The summed E-state index contributed by atoms with van der Waals surface area (Å²) in [6, 6.07) is 8.86. The second-order valence-electron chi connectivity index (χ2n) is 6.01. The molecule has 0 unspecified atom stereocenters. The molecule has 0 bridgehead atoms. The van der Waals surface area contributed by atoms with Crippen LogP contribution in [0.15, 0.2) is 30.6 Å². The van der Waals surface area contributed by atoms with Crippen LogP contribution in [0.3, 0.4) is 0 Å². The summed E-state index contributed by atoms with van der Waals surface area (Å²) in [6.45, 7) is 1.59. The van der Waals surface area contributed by atoms with Gasteiger partial charge in [0.15, 0.2) is 0 Å². The summed E-state index contributed by atoms with van der Waals surface area (Å²) >= 11 is 0. The lowest BCUT2D eigenvalue weighted by Crippen LogP contribution is -2.51. The number of rotatable bonds is 7. The Labute approximate surface area is 150 Å². The Hall–Kier alpha value is -2.99. The van der Waals surface area contributed by atoms with Crippen molar-refractivity contribution in [1.29, 1.82) is 5.26 Å². The maximum absolute atomic E-state index is 12.2. The van der Waals surface area contributed by atoms with Gasteiger partial charge in [-0.1, -0.05) is 0 Å². The normalized spacial score (nSPS) is 19.5. The first-order chi connectivity index (χ1) is 12.7. The van der Waals surface area contributed by atoms with E-state index in [4.69, 9.17) is 14.7 Å². The number of benzene rings is 1. The molecule has 1 aliphatic heterocycles. The Kier molecular flexibility index (Phi) is 6.11. The molecule has 1 fully saturated rings. The number of aryl methyl sites for hydroxylation is 1. The molecule has 1 amide bonds. The van der Waals surface area contributed by atoms with Crippen LogP contribution in [0.4, 0.5) is 0 Å². The van der Waals surface area contributed by atoms with Gasteiger partial charge < -0.3 is 14.8 Å². The first kappa shape index (κ1) is 17.8. The SMILES string of the molecule is N#Cc1ccc(O[C@@H]2COCC[C@H]2NC(=O)CCCn2cnnn2)cc1. The zero-order valence-corrected chi connectivity index (χ0v) is 14.2. The average molecular weight is 356 g/mol. The lowest BCUT2D eigenvalue weighted by Gasteiger charge is -2.32. The third kappa shape index (κ3) is 5.00. The zero-order chi connectivity index (χ0) is 18.2. The Bertz CT molecular complexity index is 741. The van der Waals surface area contributed by atoms with E-state index in [1.807, 2.05) is 0 Å². The van der Waals surface area contributed by atoms with E-state index in [1.165, 1.54) is 6.33 Å². The number of ether oxygens (including phenoxy) is 2. The zero-order valence-electron chi connectivity index (χ0n) is 14.2. The van der Waals surface area contributed by atoms with E-state index in [2.05, 4.69) is 26.9 Å². The van der Waals surface area contributed by atoms with Crippen molar-refractivity contribution in [2.75, 3.05) is 13.2 Å². The van der Waals surface area contributed by atoms with Crippen molar-refractivity contribution in [3.63, 3.8) is 0 Å². The van der Waals surface area contributed by atoms with E-state index in [1.54, 1.807) is 28.9 Å². The fourth-order valence-electron chi connectivity index (χ4n) is 2.74. The van der Waals surface area contributed by atoms with Gasteiger partial charge in [-0.25, -0.2) is 4.68 Å². The number of nitriles is 1. The number of hydrogen-bond donors (Lipinski definition) is 1. The molecule has 9 heteroatoms. The highest BCUT2D eigenvalue weighted by molar-refractivity contribution is 5.76. The van der Waals surface area contributed by atoms with Gasteiger partial charge in [0.1, 0.15) is 18.2 Å². The molecule has 0 saturated carbocycles. The molecule has 2 atom stereocenters. The number of amides is 1. The van der Waals surface area contributed by atoms with E-state index in [0.29, 0.717) is 50.3 Å². The summed E-state index contributed by atoms with van der Waals surface area (Å²) in [4.78, 5) is 12.2. The molecule has 9 nitrogen and oxygen atoms in total. The van der Waals surface area contributed by atoms with Crippen LogP contribution >= 0.6 is 0 Å². The molecule has 3 rings (SSSR count). The van der Waals surface area contributed by atoms with Crippen LogP contribution in [-0.2, 0) is 16.1 Å². The van der Waals surface area contributed by atoms with Gasteiger partial charge in [0.25, 0.3) is 0 Å². The van der Waals surface area contributed by atoms with Crippen LogP contribution < -0.4 is 10.1 Å². The van der Waals surface area contributed by atoms with Crippen molar-refractivity contribution in [2.45, 2.75) is 38.0 Å². The molecule has 136 valence electrons. The predicted octanol–water partition coefficient (Wildman–Crippen LogP) is 0.678. The van der Waals surface area contributed by atoms with Crippen LogP contribution in [0.1, 0.15) is 24.8 Å². The van der Waals surface area contributed by atoms with Crippen molar-refractivity contribution >= 4 is 5.91 Å². The van der Waals surface area contributed by atoms with Gasteiger partial charge in [-0.2, -0.15) is 5.26 Å². The van der Waals surface area contributed by atoms with E-state index < -0.39 is 0 Å². The molecule has 0 spiro atoms. The fourth-order valence-corrected chi connectivity index (χ4v) is 2.74. The maximum atomic E-state index is 12.2. The second kappa shape index (κ2) is 8.92. The molecule has 1 aromatic heterocycles. The highest BCUT2D eigenvalue weighted by Gasteiger charge is 2.28. The van der Waals surface area contributed by atoms with Gasteiger partial charge in [0.2, 0.25) is 5.91 Å². The van der Waals surface area contributed by atoms with E-state index in [9.17, 15) is 4.79 Å². The molecule has 1 N–H and O–H groups in total. The van der Waals surface area contributed by atoms with Crippen LogP contribution in [0, 0.1) is 11.3 Å².